The molecule has 0 aliphatic carbocycles. The number of rotatable bonds is 1. The number of benzene rings is 2. The van der Waals surface area contributed by atoms with Gasteiger partial charge in [-0.05, 0) is 30.2 Å². The molecule has 2 nitrogen and oxygen atoms in total. The highest BCUT2D eigenvalue weighted by atomic mass is 15.2. The predicted molar refractivity (Wildman–Crippen MR) is 90.2 cm³/mol. The molecule has 1 N–H and O–H groups in total. The molecular weight excluding hydrogens is 268 g/mol. The summed E-state index contributed by atoms with van der Waals surface area (Å²) in [6.07, 6.45) is 2.38. The van der Waals surface area contributed by atoms with Crippen molar-refractivity contribution in [2.45, 2.75) is 24.9 Å². The molecule has 0 amide bonds. The van der Waals surface area contributed by atoms with Crippen molar-refractivity contribution >= 4 is 0 Å². The van der Waals surface area contributed by atoms with Crippen molar-refractivity contribution in [1.29, 1.82) is 0 Å². The summed E-state index contributed by atoms with van der Waals surface area (Å²) in [6.45, 7) is 2.39. The fourth-order valence-corrected chi connectivity index (χ4v) is 4.42. The van der Waals surface area contributed by atoms with Crippen molar-refractivity contribution in [1.82, 2.24) is 4.90 Å². The Bertz CT molecular complexity index is 619. The third kappa shape index (κ3) is 2.18. The molecule has 2 aromatic rings. The Kier molecular flexibility index (Phi) is 3.51. The van der Waals surface area contributed by atoms with E-state index in [4.69, 9.17) is 0 Å². The van der Waals surface area contributed by atoms with E-state index in [9.17, 15) is 0 Å². The minimum atomic E-state index is 0.492. The summed E-state index contributed by atoms with van der Waals surface area (Å²) in [4.78, 5) is 4.21. The average Bonchev–Trinajstić information content (AvgIpc) is 2.56. The van der Waals surface area contributed by atoms with Gasteiger partial charge in [-0.1, -0.05) is 48.5 Å². The maximum absolute atomic E-state index is 2.57. The predicted octanol–water partition coefficient (Wildman–Crippen LogP) is 2.03. The summed E-state index contributed by atoms with van der Waals surface area (Å²) in [7, 11) is 4.66. The van der Waals surface area contributed by atoms with Gasteiger partial charge < -0.3 is 4.90 Å². The Morgan fingerprint density at radius 2 is 1.55 bits per heavy atom. The second-order valence-electron chi connectivity index (χ2n) is 6.90. The third-order valence-corrected chi connectivity index (χ3v) is 5.61. The fraction of sp³-hybridized carbons (Fsp3) is 0.400. The Hall–Kier alpha value is -1.64. The zero-order valence-electron chi connectivity index (χ0n) is 13.5. The lowest BCUT2D eigenvalue weighted by atomic mass is 9.81. The molecule has 2 aliphatic rings. The van der Waals surface area contributed by atoms with Crippen LogP contribution in [0.25, 0.3) is 0 Å². The quantitative estimate of drug-likeness (QED) is 0.845. The normalized spacial score (nSPS) is 28.0. The fourth-order valence-electron chi connectivity index (χ4n) is 4.42. The van der Waals surface area contributed by atoms with Crippen LogP contribution in [0.4, 0.5) is 0 Å². The van der Waals surface area contributed by atoms with Gasteiger partial charge in [-0.25, -0.2) is 0 Å². The lowest BCUT2D eigenvalue weighted by Gasteiger charge is -2.43. The van der Waals surface area contributed by atoms with Gasteiger partial charge in [0.25, 0.3) is 0 Å². The molecule has 2 aromatic carbocycles. The van der Waals surface area contributed by atoms with E-state index in [1.165, 1.54) is 24.9 Å². The first-order valence-corrected chi connectivity index (χ1v) is 8.44. The molecule has 0 aromatic heterocycles. The van der Waals surface area contributed by atoms with Crippen LogP contribution in [-0.2, 0) is 12.8 Å². The van der Waals surface area contributed by atoms with Gasteiger partial charge in [-0.2, -0.15) is 0 Å². The smallest absolute Gasteiger partial charge is 0.133 e. The lowest BCUT2D eigenvalue weighted by Crippen LogP contribution is -3.11. The van der Waals surface area contributed by atoms with Gasteiger partial charge in [0.1, 0.15) is 6.04 Å². The molecule has 3 atom stereocenters. The van der Waals surface area contributed by atoms with Gasteiger partial charge in [0.05, 0.1) is 19.6 Å². The van der Waals surface area contributed by atoms with Gasteiger partial charge >= 0.3 is 0 Å². The molecule has 2 aliphatic heterocycles. The topological polar surface area (TPSA) is 7.68 Å². The van der Waals surface area contributed by atoms with E-state index in [1.54, 1.807) is 21.6 Å². The monoisotopic (exact) mass is 293 g/mol. The largest absolute Gasteiger partial charge is 0.329 e. The third-order valence-electron chi connectivity index (χ3n) is 5.61. The van der Waals surface area contributed by atoms with Crippen molar-refractivity contribution < 1.29 is 4.90 Å². The minimum Gasteiger partial charge on any atom is -0.329 e. The Balaban J connectivity index is 1.84. The molecule has 1 unspecified atom stereocenters. The Morgan fingerprint density at radius 1 is 0.909 bits per heavy atom. The van der Waals surface area contributed by atoms with Crippen molar-refractivity contribution in [3.63, 3.8) is 0 Å². The summed E-state index contributed by atoms with van der Waals surface area (Å²) >= 11 is 0. The molecule has 0 saturated heterocycles. The van der Waals surface area contributed by atoms with Gasteiger partial charge in [0.2, 0.25) is 0 Å². The van der Waals surface area contributed by atoms with Crippen molar-refractivity contribution in [2.75, 3.05) is 27.2 Å². The second kappa shape index (κ2) is 5.53. The molecule has 2 heteroatoms. The number of nitrogens with one attached hydrogen (secondary N) is 1. The van der Waals surface area contributed by atoms with Crippen LogP contribution in [-0.4, -0.2) is 32.1 Å². The highest BCUT2D eigenvalue weighted by molar-refractivity contribution is 5.38. The van der Waals surface area contributed by atoms with Crippen LogP contribution < -0.4 is 4.90 Å². The number of fused-ring (bicyclic) bond motifs is 2. The van der Waals surface area contributed by atoms with Gasteiger partial charge in [0.15, 0.2) is 0 Å². The van der Waals surface area contributed by atoms with E-state index < -0.39 is 0 Å². The van der Waals surface area contributed by atoms with E-state index in [0.717, 1.165) is 6.54 Å². The maximum atomic E-state index is 2.57. The Labute approximate surface area is 133 Å². The molecule has 0 spiro atoms. The van der Waals surface area contributed by atoms with E-state index >= 15 is 0 Å². The minimum absolute atomic E-state index is 0.492. The average molecular weight is 293 g/mol. The van der Waals surface area contributed by atoms with Gasteiger partial charge in [-0.3, -0.25) is 4.90 Å². The number of nitrogens with zero attached hydrogens (tertiary/aromatic N) is 1. The number of likely N-dealkylation sites (N-methyl/N-ethyl adjacent to an activating group) is 2. The maximum Gasteiger partial charge on any atom is 0.133 e. The van der Waals surface area contributed by atoms with Crippen LogP contribution in [0.15, 0.2) is 48.5 Å². The molecule has 0 radical (unpaired) electrons. The van der Waals surface area contributed by atoms with Gasteiger partial charge in [-0.15, -0.1) is 0 Å². The summed E-state index contributed by atoms with van der Waals surface area (Å²) in [6, 6.07) is 19.2. The van der Waals surface area contributed by atoms with Crippen LogP contribution in [0.3, 0.4) is 0 Å². The van der Waals surface area contributed by atoms with Crippen molar-refractivity contribution in [3.8, 4) is 0 Å². The molecule has 114 valence electrons. The summed E-state index contributed by atoms with van der Waals surface area (Å²) in [5, 5.41) is 0. The Morgan fingerprint density at radius 3 is 2.32 bits per heavy atom. The molecular formula is C20H25N2+. The van der Waals surface area contributed by atoms with E-state index in [2.05, 4.69) is 67.5 Å². The standard InChI is InChI=1S/C20H24N2/c1-21-13-11-15-7-3-5-9-17(15)19(21)20-18-10-6-4-8-16(18)12-14-22(20)2/h3-10,19-20H,11-14H2,1-2H3/p+1/t19-,20-/m0/s1. The summed E-state index contributed by atoms with van der Waals surface area (Å²) in [5.41, 5.74) is 6.19. The first-order chi connectivity index (χ1) is 10.8. The molecule has 22 heavy (non-hydrogen) atoms. The van der Waals surface area contributed by atoms with Crippen molar-refractivity contribution in [2.24, 2.45) is 0 Å². The van der Waals surface area contributed by atoms with Crippen molar-refractivity contribution in [3.05, 3.63) is 70.8 Å². The molecule has 4 rings (SSSR count). The summed E-state index contributed by atoms with van der Waals surface area (Å²) in [5.74, 6) is 0. The lowest BCUT2D eigenvalue weighted by molar-refractivity contribution is -0.918. The number of hydrogen-bond acceptors (Lipinski definition) is 1. The van der Waals surface area contributed by atoms with Crippen LogP contribution in [0.5, 0.6) is 0 Å². The molecule has 2 heterocycles. The van der Waals surface area contributed by atoms with E-state index in [0.29, 0.717) is 12.1 Å². The van der Waals surface area contributed by atoms with Crippen LogP contribution in [0.2, 0.25) is 0 Å². The first-order valence-electron chi connectivity index (χ1n) is 8.44. The summed E-state index contributed by atoms with van der Waals surface area (Å²) < 4.78 is 0. The zero-order valence-corrected chi connectivity index (χ0v) is 13.5. The molecule has 0 bridgehead atoms. The SMILES string of the molecule is CN1CCc2ccccc2[C@H]1[C@@H]1c2ccccc2CC[NH+]1C. The van der Waals surface area contributed by atoms with Crippen LogP contribution in [0.1, 0.15) is 34.3 Å². The number of hydrogen-bond donors (Lipinski definition) is 1. The van der Waals surface area contributed by atoms with E-state index in [1.807, 2.05) is 0 Å². The highest BCUT2D eigenvalue weighted by Crippen LogP contribution is 2.38. The molecule has 0 saturated carbocycles. The highest BCUT2D eigenvalue weighted by Gasteiger charge is 2.40. The van der Waals surface area contributed by atoms with E-state index in [-0.39, 0.29) is 0 Å². The second-order valence-corrected chi connectivity index (χ2v) is 6.90. The van der Waals surface area contributed by atoms with Crippen LogP contribution >= 0.6 is 0 Å². The van der Waals surface area contributed by atoms with Gasteiger partial charge in [0, 0.05) is 18.5 Å². The zero-order chi connectivity index (χ0) is 15.1. The first kappa shape index (κ1) is 14.0. The number of quaternary nitrogens is 1. The molecule has 0 fully saturated rings. The van der Waals surface area contributed by atoms with Crippen LogP contribution in [0, 0.1) is 0 Å².